The highest BCUT2D eigenvalue weighted by Gasteiger charge is 2.12. The molecule has 0 aliphatic heterocycles. The fourth-order valence-electron chi connectivity index (χ4n) is 3.79. The second kappa shape index (κ2) is 6.43. The Morgan fingerprint density at radius 1 is 0.630 bits per heavy atom. The van der Waals surface area contributed by atoms with E-state index in [1.165, 1.54) is 27.5 Å². The average molecular weight is 408 g/mol. The van der Waals surface area contributed by atoms with Gasteiger partial charge in [-0.25, -0.2) is 0 Å². The number of benzene rings is 4. The Morgan fingerprint density at radius 2 is 1.37 bits per heavy atom. The highest BCUT2D eigenvalue weighted by Crippen LogP contribution is 2.34. The van der Waals surface area contributed by atoms with Crippen LogP contribution < -0.4 is 5.46 Å². The molecule has 5 rings (SSSR count). The smallest absolute Gasteiger partial charge is 0.113 e. The summed E-state index contributed by atoms with van der Waals surface area (Å²) in [7, 11) is 6.05. The van der Waals surface area contributed by atoms with Gasteiger partial charge >= 0.3 is 0 Å². The topological polar surface area (TPSA) is 4.93 Å². The van der Waals surface area contributed by atoms with Crippen LogP contribution in [0.2, 0.25) is 0 Å². The molecule has 126 valence electrons. The molecule has 3 heteroatoms. The predicted octanol–water partition coefficient (Wildman–Crippen LogP) is 6.01. The van der Waals surface area contributed by atoms with Crippen molar-refractivity contribution in [3.8, 4) is 16.8 Å². The van der Waals surface area contributed by atoms with Gasteiger partial charge < -0.3 is 4.57 Å². The number of hydrogen-bond donors (Lipinski definition) is 0. The minimum Gasteiger partial charge on any atom is -0.309 e. The fourth-order valence-corrected chi connectivity index (χ4v) is 4.30. The second-order valence-electron chi connectivity index (χ2n) is 6.69. The number of fused-ring (bicyclic) bond motifs is 3. The van der Waals surface area contributed by atoms with Crippen molar-refractivity contribution in [2.45, 2.75) is 0 Å². The molecule has 0 bridgehead atoms. The predicted molar refractivity (Wildman–Crippen MR) is 119 cm³/mol. The summed E-state index contributed by atoms with van der Waals surface area (Å²) < 4.78 is 3.31. The van der Waals surface area contributed by atoms with E-state index in [0.29, 0.717) is 0 Å². The van der Waals surface area contributed by atoms with Crippen molar-refractivity contribution in [3.63, 3.8) is 0 Å². The van der Waals surface area contributed by atoms with Gasteiger partial charge in [-0.05, 0) is 47.5 Å². The van der Waals surface area contributed by atoms with E-state index in [-0.39, 0.29) is 0 Å². The number of halogens is 1. The first-order valence-corrected chi connectivity index (χ1v) is 9.65. The molecule has 0 saturated heterocycles. The minimum absolute atomic E-state index is 0.756. The van der Waals surface area contributed by atoms with E-state index in [0.717, 1.165) is 21.1 Å². The van der Waals surface area contributed by atoms with Gasteiger partial charge in [0, 0.05) is 20.9 Å². The molecule has 1 aromatic heterocycles. The lowest BCUT2D eigenvalue weighted by Gasteiger charge is -2.08. The summed E-state index contributed by atoms with van der Waals surface area (Å²) in [6, 6.07) is 31.7. The van der Waals surface area contributed by atoms with Crippen molar-refractivity contribution in [1.82, 2.24) is 4.57 Å². The molecule has 0 aliphatic carbocycles. The standard InChI is InChI=1S/C24H15BBrN/c25-18-12-17(13-19(26)15-18)16-10-11-24-22(14-16)21-8-4-5-9-23(21)27(24)20-6-2-1-3-7-20/h1-15H. The van der Waals surface area contributed by atoms with Gasteiger partial charge in [0.05, 0.1) is 11.0 Å². The van der Waals surface area contributed by atoms with Crippen LogP contribution in [-0.2, 0) is 0 Å². The molecule has 5 aromatic rings. The maximum Gasteiger partial charge on any atom is 0.113 e. The summed E-state index contributed by atoms with van der Waals surface area (Å²) >= 11 is 3.55. The van der Waals surface area contributed by atoms with Gasteiger partial charge in [-0.3, -0.25) is 0 Å². The monoisotopic (exact) mass is 407 g/mol. The van der Waals surface area contributed by atoms with Crippen molar-refractivity contribution in [2.24, 2.45) is 0 Å². The van der Waals surface area contributed by atoms with Gasteiger partial charge in [0.25, 0.3) is 0 Å². The zero-order valence-electron chi connectivity index (χ0n) is 14.6. The first kappa shape index (κ1) is 16.4. The molecule has 4 aromatic carbocycles. The largest absolute Gasteiger partial charge is 0.309 e. The molecule has 0 saturated carbocycles. The third-order valence-corrected chi connectivity index (χ3v) is 5.40. The molecule has 27 heavy (non-hydrogen) atoms. The van der Waals surface area contributed by atoms with E-state index >= 15 is 0 Å². The first-order valence-electron chi connectivity index (χ1n) is 8.86. The third-order valence-electron chi connectivity index (χ3n) is 4.94. The van der Waals surface area contributed by atoms with Crippen LogP contribution in [0.5, 0.6) is 0 Å². The van der Waals surface area contributed by atoms with E-state index < -0.39 is 0 Å². The Kier molecular flexibility index (Phi) is 3.91. The van der Waals surface area contributed by atoms with Crippen LogP contribution in [0.1, 0.15) is 0 Å². The molecule has 1 heterocycles. The Labute approximate surface area is 167 Å². The van der Waals surface area contributed by atoms with Crippen LogP contribution in [0.4, 0.5) is 0 Å². The van der Waals surface area contributed by atoms with Gasteiger partial charge in [0.15, 0.2) is 0 Å². The number of para-hydroxylation sites is 2. The molecule has 0 fully saturated rings. The normalized spacial score (nSPS) is 11.3. The molecule has 0 atom stereocenters. The fraction of sp³-hybridized carbons (Fsp3) is 0. The Bertz CT molecular complexity index is 1270. The Balaban J connectivity index is 1.83. The van der Waals surface area contributed by atoms with Crippen molar-refractivity contribution in [1.29, 1.82) is 0 Å². The SMILES string of the molecule is [B]c1cc(Br)cc(-c2ccc3c(c2)c2ccccc2n3-c2ccccc2)c1. The molecule has 0 N–H and O–H groups in total. The summed E-state index contributed by atoms with van der Waals surface area (Å²) in [4.78, 5) is 0. The Hall–Kier alpha value is -2.78. The molecule has 0 amide bonds. The number of rotatable bonds is 2. The lowest BCUT2D eigenvalue weighted by Crippen LogP contribution is -2.01. The summed E-state index contributed by atoms with van der Waals surface area (Å²) in [5, 5.41) is 2.49. The van der Waals surface area contributed by atoms with Crippen molar-refractivity contribution in [2.75, 3.05) is 0 Å². The number of hydrogen-bond acceptors (Lipinski definition) is 0. The first-order chi connectivity index (χ1) is 13.2. The molecule has 0 unspecified atom stereocenters. The van der Waals surface area contributed by atoms with Crippen LogP contribution in [-0.4, -0.2) is 12.4 Å². The highest BCUT2D eigenvalue weighted by molar-refractivity contribution is 9.10. The number of nitrogens with zero attached hydrogens (tertiary/aromatic N) is 1. The lowest BCUT2D eigenvalue weighted by molar-refractivity contribution is 1.18. The summed E-state index contributed by atoms with van der Waals surface area (Å²) in [6.45, 7) is 0. The van der Waals surface area contributed by atoms with Gasteiger partial charge in [-0.15, -0.1) is 0 Å². The molecule has 0 spiro atoms. The van der Waals surface area contributed by atoms with Crippen molar-refractivity contribution in [3.05, 3.63) is 95.5 Å². The molecule has 0 aliphatic rings. The highest BCUT2D eigenvalue weighted by atomic mass is 79.9. The summed E-state index contributed by atoms with van der Waals surface area (Å²) in [5.41, 5.74) is 6.61. The van der Waals surface area contributed by atoms with Crippen LogP contribution in [0.25, 0.3) is 38.6 Å². The Morgan fingerprint density at radius 3 is 2.19 bits per heavy atom. The van der Waals surface area contributed by atoms with E-state index in [9.17, 15) is 0 Å². The number of aromatic nitrogens is 1. The van der Waals surface area contributed by atoms with Crippen LogP contribution in [0.3, 0.4) is 0 Å². The maximum absolute atomic E-state index is 6.05. The van der Waals surface area contributed by atoms with Crippen LogP contribution in [0, 0.1) is 0 Å². The van der Waals surface area contributed by atoms with Gasteiger partial charge in [-0.1, -0.05) is 76.0 Å². The zero-order chi connectivity index (χ0) is 18.4. The van der Waals surface area contributed by atoms with E-state index in [4.69, 9.17) is 7.85 Å². The molecule has 1 nitrogen and oxygen atoms in total. The van der Waals surface area contributed by atoms with Crippen molar-refractivity contribution >= 4 is 51.0 Å². The van der Waals surface area contributed by atoms with E-state index in [1.54, 1.807) is 0 Å². The van der Waals surface area contributed by atoms with Gasteiger partial charge in [-0.2, -0.15) is 0 Å². The maximum atomic E-state index is 6.05. The summed E-state index contributed by atoms with van der Waals surface area (Å²) in [6.07, 6.45) is 0. The van der Waals surface area contributed by atoms with E-state index in [1.807, 2.05) is 18.2 Å². The lowest BCUT2D eigenvalue weighted by atomic mass is 9.92. The van der Waals surface area contributed by atoms with Crippen LogP contribution >= 0.6 is 15.9 Å². The van der Waals surface area contributed by atoms with Gasteiger partial charge in [0.2, 0.25) is 0 Å². The van der Waals surface area contributed by atoms with Crippen LogP contribution in [0.15, 0.2) is 95.5 Å². The van der Waals surface area contributed by atoms with Crippen molar-refractivity contribution < 1.29 is 0 Å². The second-order valence-corrected chi connectivity index (χ2v) is 7.61. The van der Waals surface area contributed by atoms with E-state index in [2.05, 4.69) is 93.3 Å². The minimum atomic E-state index is 0.756. The molecular formula is C24H15BBrN. The quantitative estimate of drug-likeness (QED) is 0.316. The van der Waals surface area contributed by atoms with Gasteiger partial charge in [0.1, 0.15) is 7.85 Å². The third kappa shape index (κ3) is 2.79. The zero-order valence-corrected chi connectivity index (χ0v) is 16.1. The summed E-state index contributed by atoms with van der Waals surface area (Å²) in [5.74, 6) is 0. The molecular weight excluding hydrogens is 393 g/mol. The average Bonchev–Trinajstić information content (AvgIpc) is 3.01. The molecule has 2 radical (unpaired) electrons.